The van der Waals surface area contributed by atoms with Crippen molar-refractivity contribution in [2.24, 2.45) is 0 Å². The molecule has 1 aromatic carbocycles. The first kappa shape index (κ1) is 8.46. The number of hydrogen-bond acceptors (Lipinski definition) is 1. The molecule has 0 aliphatic carbocycles. The number of alkyl halides is 1. The van der Waals surface area contributed by atoms with Crippen LogP contribution in [0.3, 0.4) is 0 Å². The van der Waals surface area contributed by atoms with Crippen molar-refractivity contribution in [2.75, 3.05) is 10.8 Å². The fourth-order valence-corrected chi connectivity index (χ4v) is 1.01. The normalized spacial score (nSPS) is 9.73. The van der Waals surface area contributed by atoms with Crippen molar-refractivity contribution in [2.45, 2.75) is 0 Å². The highest BCUT2D eigenvalue weighted by Crippen LogP contribution is 2.12. The van der Waals surface area contributed by atoms with Gasteiger partial charge in [0.1, 0.15) is 0 Å². The lowest BCUT2D eigenvalue weighted by Gasteiger charge is -2.01. The van der Waals surface area contributed by atoms with Crippen LogP contribution in [0, 0.1) is 11.6 Å². The average Bonchev–Trinajstić information content (AvgIpc) is 1.98. The van der Waals surface area contributed by atoms with Gasteiger partial charge in [0.15, 0.2) is 11.6 Å². The van der Waals surface area contributed by atoms with Crippen LogP contribution in [-0.4, -0.2) is 5.45 Å². The fourth-order valence-electron chi connectivity index (χ4n) is 0.683. The minimum atomic E-state index is -0.837. The minimum absolute atomic E-state index is 0.512. The van der Waals surface area contributed by atoms with Gasteiger partial charge in [-0.05, 0) is 12.1 Å². The van der Waals surface area contributed by atoms with Gasteiger partial charge in [0, 0.05) is 11.8 Å². The SMILES string of the molecule is Fc1ccc(NCBr)cc1F. The first-order valence-electron chi connectivity index (χ1n) is 2.99. The Morgan fingerprint density at radius 3 is 2.55 bits per heavy atom. The quantitative estimate of drug-likeness (QED) is 0.599. The van der Waals surface area contributed by atoms with Gasteiger partial charge in [-0.15, -0.1) is 0 Å². The average molecular weight is 222 g/mol. The lowest BCUT2D eigenvalue weighted by molar-refractivity contribution is 0.509. The highest BCUT2D eigenvalue weighted by atomic mass is 79.9. The third kappa shape index (κ3) is 2.15. The Bertz CT molecular complexity index is 252. The molecule has 0 bridgehead atoms. The highest BCUT2D eigenvalue weighted by molar-refractivity contribution is 9.09. The maximum atomic E-state index is 12.5. The molecule has 11 heavy (non-hydrogen) atoms. The van der Waals surface area contributed by atoms with Crippen LogP contribution in [0.5, 0.6) is 0 Å². The largest absolute Gasteiger partial charge is 0.375 e. The Hall–Kier alpha value is -0.640. The molecule has 0 atom stereocenters. The first-order valence-corrected chi connectivity index (χ1v) is 4.11. The van der Waals surface area contributed by atoms with E-state index in [-0.39, 0.29) is 0 Å². The van der Waals surface area contributed by atoms with Gasteiger partial charge >= 0.3 is 0 Å². The molecule has 4 heteroatoms. The summed E-state index contributed by atoms with van der Waals surface area (Å²) in [7, 11) is 0. The lowest BCUT2D eigenvalue weighted by atomic mass is 10.3. The molecule has 0 saturated carbocycles. The molecular formula is C7H6BrF2N. The number of halogens is 3. The van der Waals surface area contributed by atoms with Crippen molar-refractivity contribution in [1.82, 2.24) is 0 Å². The second kappa shape index (κ2) is 3.67. The van der Waals surface area contributed by atoms with Crippen LogP contribution in [0.15, 0.2) is 18.2 Å². The summed E-state index contributed by atoms with van der Waals surface area (Å²) in [5.74, 6) is -1.67. The van der Waals surface area contributed by atoms with Crippen molar-refractivity contribution >= 4 is 21.6 Å². The Balaban J connectivity index is 2.86. The van der Waals surface area contributed by atoms with Crippen LogP contribution in [-0.2, 0) is 0 Å². The van der Waals surface area contributed by atoms with Gasteiger partial charge in [-0.1, -0.05) is 15.9 Å². The molecule has 1 N–H and O–H groups in total. The van der Waals surface area contributed by atoms with Crippen LogP contribution < -0.4 is 5.32 Å². The molecule has 60 valence electrons. The molecule has 0 aliphatic rings. The Morgan fingerprint density at radius 2 is 2.00 bits per heavy atom. The summed E-state index contributed by atoms with van der Waals surface area (Å²) < 4.78 is 24.8. The van der Waals surface area contributed by atoms with E-state index < -0.39 is 11.6 Å². The molecule has 1 nitrogen and oxygen atoms in total. The summed E-state index contributed by atoms with van der Waals surface area (Å²) in [5.41, 5.74) is 1.07. The summed E-state index contributed by atoms with van der Waals surface area (Å²) in [5, 5.41) is 2.79. The van der Waals surface area contributed by atoms with Gasteiger partial charge in [-0.2, -0.15) is 0 Å². The minimum Gasteiger partial charge on any atom is -0.375 e. The summed E-state index contributed by atoms with van der Waals surface area (Å²) in [6.45, 7) is 0. The second-order valence-electron chi connectivity index (χ2n) is 1.94. The molecule has 0 unspecified atom stereocenters. The smallest absolute Gasteiger partial charge is 0.160 e. The molecule has 0 saturated heterocycles. The standard InChI is InChI=1S/C7H6BrF2N/c8-4-11-5-1-2-6(9)7(10)3-5/h1-3,11H,4H2. The van der Waals surface area contributed by atoms with Crippen molar-refractivity contribution in [3.8, 4) is 0 Å². The lowest BCUT2D eigenvalue weighted by Crippen LogP contribution is -1.94. The fraction of sp³-hybridized carbons (Fsp3) is 0.143. The van der Waals surface area contributed by atoms with Crippen LogP contribution in [0.4, 0.5) is 14.5 Å². The maximum Gasteiger partial charge on any atom is 0.160 e. The van der Waals surface area contributed by atoms with Crippen LogP contribution >= 0.6 is 15.9 Å². The van der Waals surface area contributed by atoms with Crippen molar-refractivity contribution in [1.29, 1.82) is 0 Å². The number of benzene rings is 1. The van der Waals surface area contributed by atoms with E-state index in [9.17, 15) is 8.78 Å². The summed E-state index contributed by atoms with van der Waals surface area (Å²) in [6.07, 6.45) is 0. The predicted octanol–water partition coefficient (Wildman–Crippen LogP) is 2.73. The van der Waals surface area contributed by atoms with Gasteiger partial charge in [0.05, 0.1) is 5.45 Å². The summed E-state index contributed by atoms with van der Waals surface area (Å²) in [6, 6.07) is 3.66. The zero-order valence-electron chi connectivity index (χ0n) is 5.57. The summed E-state index contributed by atoms with van der Waals surface area (Å²) in [4.78, 5) is 0. The van der Waals surface area contributed by atoms with E-state index in [1.54, 1.807) is 0 Å². The van der Waals surface area contributed by atoms with Crippen LogP contribution in [0.25, 0.3) is 0 Å². The zero-order valence-corrected chi connectivity index (χ0v) is 7.16. The van der Waals surface area contributed by atoms with Crippen molar-refractivity contribution < 1.29 is 8.78 Å². The van der Waals surface area contributed by atoms with Crippen molar-refractivity contribution in [3.63, 3.8) is 0 Å². The number of nitrogens with one attached hydrogen (secondary N) is 1. The van der Waals surface area contributed by atoms with Crippen molar-refractivity contribution in [3.05, 3.63) is 29.8 Å². The van der Waals surface area contributed by atoms with Gasteiger partial charge in [-0.3, -0.25) is 0 Å². The molecular weight excluding hydrogens is 216 g/mol. The molecule has 1 aromatic rings. The third-order valence-electron chi connectivity index (χ3n) is 1.19. The summed E-state index contributed by atoms with van der Waals surface area (Å²) >= 11 is 3.10. The van der Waals surface area contributed by atoms with Crippen LogP contribution in [0.1, 0.15) is 0 Å². The number of hydrogen-bond donors (Lipinski definition) is 1. The highest BCUT2D eigenvalue weighted by Gasteiger charge is 2.00. The van der Waals surface area contributed by atoms with E-state index in [1.807, 2.05) is 0 Å². The topological polar surface area (TPSA) is 12.0 Å². The number of rotatable bonds is 2. The second-order valence-corrected chi connectivity index (χ2v) is 2.50. The predicted molar refractivity (Wildman–Crippen MR) is 43.8 cm³/mol. The van der Waals surface area contributed by atoms with Gasteiger partial charge in [0.2, 0.25) is 0 Å². The molecule has 0 spiro atoms. The molecule has 1 rings (SSSR count). The van der Waals surface area contributed by atoms with E-state index in [4.69, 9.17) is 0 Å². The molecule has 0 heterocycles. The Kier molecular flexibility index (Phi) is 2.82. The molecule has 0 aromatic heterocycles. The van der Waals surface area contributed by atoms with E-state index in [0.29, 0.717) is 11.1 Å². The first-order chi connectivity index (χ1) is 5.24. The van der Waals surface area contributed by atoms with Gasteiger partial charge in [-0.25, -0.2) is 8.78 Å². The van der Waals surface area contributed by atoms with E-state index in [2.05, 4.69) is 21.2 Å². The Morgan fingerprint density at radius 1 is 1.27 bits per heavy atom. The number of anilines is 1. The van der Waals surface area contributed by atoms with Crippen LogP contribution in [0.2, 0.25) is 0 Å². The zero-order chi connectivity index (χ0) is 8.27. The van der Waals surface area contributed by atoms with Gasteiger partial charge < -0.3 is 5.32 Å². The molecule has 0 aliphatic heterocycles. The monoisotopic (exact) mass is 221 g/mol. The molecule has 0 amide bonds. The Labute approximate surface area is 71.5 Å². The van der Waals surface area contributed by atoms with E-state index in [1.165, 1.54) is 6.07 Å². The molecule has 0 radical (unpaired) electrons. The maximum absolute atomic E-state index is 12.5. The van der Waals surface area contributed by atoms with E-state index in [0.717, 1.165) is 12.1 Å². The van der Waals surface area contributed by atoms with Gasteiger partial charge in [0.25, 0.3) is 0 Å². The third-order valence-corrected chi connectivity index (χ3v) is 1.47. The molecule has 0 fully saturated rings. The van der Waals surface area contributed by atoms with E-state index >= 15 is 0 Å².